The van der Waals surface area contributed by atoms with Gasteiger partial charge in [0.15, 0.2) is 10.8 Å². The van der Waals surface area contributed by atoms with Crippen LogP contribution >= 0.6 is 11.8 Å². The van der Waals surface area contributed by atoms with Crippen molar-refractivity contribution >= 4 is 29.0 Å². The van der Waals surface area contributed by atoms with Crippen molar-refractivity contribution in [2.45, 2.75) is 5.16 Å². The number of thioether (sulfide) groups is 1. The van der Waals surface area contributed by atoms with E-state index in [1.54, 1.807) is 24.3 Å². The van der Waals surface area contributed by atoms with Gasteiger partial charge >= 0.3 is 0 Å². The molecule has 7 heteroatoms. The number of carbonyl (C=O) groups excluding carboxylic acids is 1. The summed E-state index contributed by atoms with van der Waals surface area (Å²) in [6, 6.07) is 14.5. The fourth-order valence-corrected chi connectivity index (χ4v) is 2.64. The summed E-state index contributed by atoms with van der Waals surface area (Å²) in [6.07, 6.45) is 1.85. The van der Waals surface area contributed by atoms with Crippen LogP contribution in [0, 0.1) is 11.3 Å². The molecule has 6 nitrogen and oxygen atoms in total. The number of hydrogen-bond donors (Lipinski definition) is 1. The van der Waals surface area contributed by atoms with Crippen molar-refractivity contribution in [3.63, 3.8) is 0 Å². The van der Waals surface area contributed by atoms with Crippen LogP contribution in [0.5, 0.6) is 0 Å². The Labute approximate surface area is 130 Å². The molecule has 108 valence electrons. The molecule has 0 fully saturated rings. The number of nitriles is 1. The van der Waals surface area contributed by atoms with E-state index in [9.17, 15) is 4.79 Å². The molecule has 0 aliphatic carbocycles. The maximum atomic E-state index is 12.0. The molecule has 0 radical (unpaired) electrons. The van der Waals surface area contributed by atoms with Crippen LogP contribution in [-0.4, -0.2) is 26.3 Å². The minimum atomic E-state index is -0.159. The summed E-state index contributed by atoms with van der Waals surface area (Å²) in [7, 11) is 0. The lowest BCUT2D eigenvalue weighted by atomic mass is 10.2. The number of aromatic nitrogens is 3. The number of rotatable bonds is 4. The van der Waals surface area contributed by atoms with Crippen molar-refractivity contribution < 1.29 is 4.79 Å². The van der Waals surface area contributed by atoms with Crippen LogP contribution in [0.4, 0.5) is 5.69 Å². The van der Waals surface area contributed by atoms with Crippen molar-refractivity contribution in [1.29, 1.82) is 5.26 Å². The summed E-state index contributed by atoms with van der Waals surface area (Å²) in [5.74, 6) is 0.0553. The van der Waals surface area contributed by atoms with Gasteiger partial charge in [0, 0.05) is 11.9 Å². The van der Waals surface area contributed by atoms with Crippen LogP contribution in [0.2, 0.25) is 0 Å². The molecule has 1 aromatic carbocycles. The highest BCUT2D eigenvalue weighted by Crippen LogP contribution is 2.17. The van der Waals surface area contributed by atoms with E-state index in [1.807, 2.05) is 34.9 Å². The smallest absolute Gasteiger partial charge is 0.234 e. The SMILES string of the molecule is N#Cc1cccc(NC(=O)CSc2nnc3ccccn23)c1. The van der Waals surface area contributed by atoms with Gasteiger partial charge in [-0.2, -0.15) is 5.26 Å². The predicted octanol–water partition coefficient (Wildman–Crippen LogP) is 2.33. The fourth-order valence-electron chi connectivity index (χ4n) is 1.91. The van der Waals surface area contributed by atoms with Gasteiger partial charge in [-0.3, -0.25) is 9.20 Å². The minimum absolute atomic E-state index is 0.159. The second kappa shape index (κ2) is 6.28. The molecule has 22 heavy (non-hydrogen) atoms. The topological polar surface area (TPSA) is 83.1 Å². The average molecular weight is 309 g/mol. The largest absolute Gasteiger partial charge is 0.325 e. The molecular formula is C15H11N5OS. The summed E-state index contributed by atoms with van der Waals surface area (Å²) in [5, 5.41) is 20.3. The first-order chi connectivity index (χ1) is 10.8. The lowest BCUT2D eigenvalue weighted by Crippen LogP contribution is -2.14. The third kappa shape index (κ3) is 3.07. The Morgan fingerprint density at radius 2 is 2.18 bits per heavy atom. The van der Waals surface area contributed by atoms with Crippen LogP contribution in [0.25, 0.3) is 5.65 Å². The van der Waals surface area contributed by atoms with Crippen molar-refractivity contribution in [3.05, 3.63) is 54.2 Å². The Balaban J connectivity index is 1.64. The molecular weight excluding hydrogens is 298 g/mol. The van der Waals surface area contributed by atoms with E-state index in [4.69, 9.17) is 5.26 Å². The number of anilines is 1. The quantitative estimate of drug-likeness (QED) is 0.748. The molecule has 2 aromatic heterocycles. The van der Waals surface area contributed by atoms with Gasteiger partial charge in [0.05, 0.1) is 17.4 Å². The Bertz CT molecular complexity index is 867. The fraction of sp³-hybridized carbons (Fsp3) is 0.0667. The van der Waals surface area contributed by atoms with E-state index >= 15 is 0 Å². The van der Waals surface area contributed by atoms with E-state index in [2.05, 4.69) is 15.5 Å². The molecule has 0 saturated carbocycles. The first-order valence-electron chi connectivity index (χ1n) is 6.49. The number of nitrogens with one attached hydrogen (secondary N) is 1. The number of fused-ring (bicyclic) bond motifs is 1. The van der Waals surface area contributed by atoms with Gasteiger partial charge in [0.2, 0.25) is 5.91 Å². The van der Waals surface area contributed by atoms with Crippen molar-refractivity contribution in [2.24, 2.45) is 0 Å². The Kier molecular flexibility index (Phi) is 4.03. The molecule has 0 spiro atoms. The number of carbonyl (C=O) groups is 1. The minimum Gasteiger partial charge on any atom is -0.325 e. The molecule has 0 bridgehead atoms. The van der Waals surface area contributed by atoms with Crippen LogP contribution in [-0.2, 0) is 4.79 Å². The van der Waals surface area contributed by atoms with Gasteiger partial charge < -0.3 is 5.32 Å². The Hall–Kier alpha value is -2.85. The molecule has 0 atom stereocenters. The third-order valence-corrected chi connectivity index (χ3v) is 3.83. The second-order valence-corrected chi connectivity index (χ2v) is 5.38. The normalized spacial score (nSPS) is 10.3. The second-order valence-electron chi connectivity index (χ2n) is 4.44. The van der Waals surface area contributed by atoms with Gasteiger partial charge in [-0.1, -0.05) is 23.9 Å². The number of amides is 1. The van der Waals surface area contributed by atoms with Crippen molar-refractivity contribution in [3.8, 4) is 6.07 Å². The first kappa shape index (κ1) is 14.1. The molecule has 0 aliphatic heterocycles. The highest BCUT2D eigenvalue weighted by Gasteiger charge is 2.09. The Morgan fingerprint density at radius 1 is 1.27 bits per heavy atom. The summed E-state index contributed by atoms with van der Waals surface area (Å²) in [4.78, 5) is 12.0. The van der Waals surface area contributed by atoms with Gasteiger partial charge in [-0.05, 0) is 30.3 Å². The zero-order chi connectivity index (χ0) is 15.4. The number of hydrogen-bond acceptors (Lipinski definition) is 5. The molecule has 3 rings (SSSR count). The van der Waals surface area contributed by atoms with Gasteiger partial charge in [0.25, 0.3) is 0 Å². The van der Waals surface area contributed by atoms with E-state index in [0.717, 1.165) is 5.65 Å². The molecule has 0 saturated heterocycles. The van der Waals surface area contributed by atoms with Crippen molar-refractivity contribution in [1.82, 2.24) is 14.6 Å². The highest BCUT2D eigenvalue weighted by molar-refractivity contribution is 7.99. The summed E-state index contributed by atoms with van der Waals surface area (Å²) in [6.45, 7) is 0. The maximum absolute atomic E-state index is 12.0. The molecule has 0 unspecified atom stereocenters. The van der Waals surface area contributed by atoms with Gasteiger partial charge in [-0.25, -0.2) is 0 Å². The standard InChI is InChI=1S/C15H11N5OS/c16-9-11-4-3-5-12(8-11)17-14(21)10-22-15-19-18-13-6-1-2-7-20(13)15/h1-8H,10H2,(H,17,21). The average Bonchev–Trinajstić information content (AvgIpc) is 2.96. The number of pyridine rings is 1. The number of nitrogens with zero attached hydrogens (tertiary/aromatic N) is 4. The first-order valence-corrected chi connectivity index (χ1v) is 7.47. The van der Waals surface area contributed by atoms with Crippen LogP contribution in [0.3, 0.4) is 0 Å². The molecule has 1 N–H and O–H groups in total. The lowest BCUT2D eigenvalue weighted by Gasteiger charge is -2.04. The van der Waals surface area contributed by atoms with Gasteiger partial charge in [-0.15, -0.1) is 10.2 Å². The third-order valence-electron chi connectivity index (χ3n) is 2.89. The van der Waals surface area contributed by atoms with E-state index in [-0.39, 0.29) is 11.7 Å². The molecule has 3 aromatic rings. The summed E-state index contributed by atoms with van der Waals surface area (Å²) >= 11 is 1.31. The molecule has 0 aliphatic rings. The number of benzene rings is 1. The highest BCUT2D eigenvalue weighted by atomic mass is 32.2. The van der Waals surface area contributed by atoms with E-state index in [0.29, 0.717) is 16.4 Å². The Morgan fingerprint density at radius 3 is 3.05 bits per heavy atom. The summed E-state index contributed by atoms with van der Waals surface area (Å²) in [5.41, 5.74) is 1.86. The molecule has 1 amide bonds. The monoisotopic (exact) mass is 309 g/mol. The predicted molar refractivity (Wildman–Crippen MR) is 83.5 cm³/mol. The van der Waals surface area contributed by atoms with E-state index in [1.165, 1.54) is 11.8 Å². The molecule has 2 heterocycles. The van der Waals surface area contributed by atoms with Crippen LogP contribution in [0.15, 0.2) is 53.8 Å². The van der Waals surface area contributed by atoms with Crippen molar-refractivity contribution in [2.75, 3.05) is 11.1 Å². The van der Waals surface area contributed by atoms with Crippen LogP contribution in [0.1, 0.15) is 5.56 Å². The zero-order valence-electron chi connectivity index (χ0n) is 11.4. The van der Waals surface area contributed by atoms with E-state index < -0.39 is 0 Å². The van der Waals surface area contributed by atoms with Gasteiger partial charge in [0.1, 0.15) is 0 Å². The maximum Gasteiger partial charge on any atom is 0.234 e. The zero-order valence-corrected chi connectivity index (χ0v) is 12.2. The lowest BCUT2D eigenvalue weighted by molar-refractivity contribution is -0.113. The van der Waals surface area contributed by atoms with Crippen LogP contribution < -0.4 is 5.32 Å². The summed E-state index contributed by atoms with van der Waals surface area (Å²) < 4.78 is 1.83.